The average molecular weight is 398 g/mol. The number of aromatic hydroxyl groups is 1. The fraction of sp³-hybridized carbons (Fsp3) is 0.150. The molecular formula is C20H18N2O5S. The van der Waals surface area contributed by atoms with Gasteiger partial charge in [-0.15, -0.1) is 0 Å². The second kappa shape index (κ2) is 8.18. The first-order valence-corrected chi connectivity index (χ1v) is 9.25. The first-order valence-electron chi connectivity index (χ1n) is 8.43. The molecule has 28 heavy (non-hydrogen) atoms. The third kappa shape index (κ3) is 4.01. The molecule has 2 aromatic rings. The van der Waals surface area contributed by atoms with Crippen LogP contribution < -0.4 is 4.74 Å². The number of amides is 1. The Kier molecular flexibility index (Phi) is 5.70. The lowest BCUT2D eigenvalue weighted by Crippen LogP contribution is -2.28. The van der Waals surface area contributed by atoms with Gasteiger partial charge in [-0.2, -0.15) is 0 Å². The van der Waals surface area contributed by atoms with Crippen LogP contribution in [0.1, 0.15) is 22.8 Å². The largest absolute Gasteiger partial charge is 0.504 e. The van der Waals surface area contributed by atoms with E-state index in [0.717, 1.165) is 0 Å². The predicted octanol–water partition coefficient (Wildman–Crippen LogP) is 3.72. The Labute approximate surface area is 166 Å². The second-order valence-corrected chi connectivity index (χ2v) is 6.85. The third-order valence-corrected chi connectivity index (χ3v) is 5.05. The highest BCUT2D eigenvalue weighted by molar-refractivity contribution is 8.18. The molecule has 0 atom stereocenters. The first kappa shape index (κ1) is 19.5. The number of likely N-dealkylation sites (N-methyl/N-ethyl adjacent to an activating group) is 1. The molecule has 0 bridgehead atoms. The molecule has 1 saturated heterocycles. The Morgan fingerprint density at radius 1 is 1.25 bits per heavy atom. The summed E-state index contributed by atoms with van der Waals surface area (Å²) in [5.74, 6) is -0.823. The summed E-state index contributed by atoms with van der Waals surface area (Å²) in [7, 11) is 1.46. The number of thioether (sulfide) groups is 1. The van der Waals surface area contributed by atoms with E-state index >= 15 is 0 Å². The van der Waals surface area contributed by atoms with E-state index in [1.165, 1.54) is 37.1 Å². The minimum atomic E-state index is -1.01. The summed E-state index contributed by atoms with van der Waals surface area (Å²) < 4.78 is 5.10. The monoisotopic (exact) mass is 398 g/mol. The van der Waals surface area contributed by atoms with Crippen molar-refractivity contribution in [2.24, 2.45) is 4.99 Å². The van der Waals surface area contributed by atoms with Crippen LogP contribution in [0.4, 0.5) is 5.69 Å². The van der Waals surface area contributed by atoms with E-state index in [0.29, 0.717) is 33.6 Å². The average Bonchev–Trinajstić information content (AvgIpc) is 2.97. The smallest absolute Gasteiger partial charge is 0.335 e. The summed E-state index contributed by atoms with van der Waals surface area (Å²) in [5.41, 5.74) is 1.45. The van der Waals surface area contributed by atoms with Gasteiger partial charge in [0.1, 0.15) is 0 Å². The molecule has 2 N–H and O–H groups in total. The van der Waals surface area contributed by atoms with Gasteiger partial charge in [-0.3, -0.25) is 9.69 Å². The zero-order valence-electron chi connectivity index (χ0n) is 15.2. The number of amidine groups is 1. The Hall–Kier alpha value is -3.26. The highest BCUT2D eigenvalue weighted by Crippen LogP contribution is 2.35. The van der Waals surface area contributed by atoms with Gasteiger partial charge >= 0.3 is 5.97 Å². The number of phenolic OH excluding ortho intramolecular Hbond substituents is 1. The predicted molar refractivity (Wildman–Crippen MR) is 108 cm³/mol. The summed E-state index contributed by atoms with van der Waals surface area (Å²) in [5, 5.41) is 19.2. The number of hydrogen-bond acceptors (Lipinski definition) is 6. The quantitative estimate of drug-likeness (QED) is 0.745. The highest BCUT2D eigenvalue weighted by atomic mass is 32.2. The SMILES string of the molecule is CCN1C(=O)/C(=C/c2ccc(O)c(OC)c2)SC1=Nc1ccc(C(=O)O)cc1. The maximum absolute atomic E-state index is 12.7. The van der Waals surface area contributed by atoms with Crippen LogP contribution in [-0.2, 0) is 4.79 Å². The molecule has 0 unspecified atom stereocenters. The van der Waals surface area contributed by atoms with Gasteiger partial charge in [0, 0.05) is 6.54 Å². The molecule has 0 spiro atoms. The molecular weight excluding hydrogens is 380 g/mol. The number of ether oxygens (including phenoxy) is 1. The molecule has 1 fully saturated rings. The summed E-state index contributed by atoms with van der Waals surface area (Å²) >= 11 is 1.24. The molecule has 1 amide bonds. The Morgan fingerprint density at radius 2 is 1.96 bits per heavy atom. The summed E-state index contributed by atoms with van der Waals surface area (Å²) in [6.45, 7) is 2.31. The van der Waals surface area contributed by atoms with Crippen molar-refractivity contribution >= 4 is 40.6 Å². The van der Waals surface area contributed by atoms with Crippen LogP contribution in [0.15, 0.2) is 52.4 Å². The molecule has 2 aromatic carbocycles. The number of benzene rings is 2. The Bertz CT molecular complexity index is 983. The van der Waals surface area contributed by atoms with Crippen LogP contribution in [0.2, 0.25) is 0 Å². The molecule has 0 saturated carbocycles. The molecule has 144 valence electrons. The van der Waals surface area contributed by atoms with Crippen LogP contribution in [0.3, 0.4) is 0 Å². The lowest BCUT2D eigenvalue weighted by molar-refractivity contribution is -0.122. The van der Waals surface area contributed by atoms with Gasteiger partial charge in [-0.25, -0.2) is 9.79 Å². The summed E-state index contributed by atoms with van der Waals surface area (Å²) in [6, 6.07) is 11.0. The van der Waals surface area contributed by atoms with Gasteiger partial charge < -0.3 is 14.9 Å². The lowest BCUT2D eigenvalue weighted by Gasteiger charge is -2.12. The number of rotatable bonds is 5. The number of carboxylic acids is 1. The zero-order valence-corrected chi connectivity index (χ0v) is 16.1. The van der Waals surface area contributed by atoms with Crippen LogP contribution in [0.5, 0.6) is 11.5 Å². The van der Waals surface area contributed by atoms with Crippen LogP contribution in [0, 0.1) is 0 Å². The van der Waals surface area contributed by atoms with E-state index < -0.39 is 5.97 Å². The molecule has 0 aromatic heterocycles. The van der Waals surface area contributed by atoms with Crippen molar-refractivity contribution in [1.29, 1.82) is 0 Å². The van der Waals surface area contributed by atoms with Gasteiger partial charge in [-0.05, 0) is 66.7 Å². The van der Waals surface area contributed by atoms with Crippen molar-refractivity contribution < 1.29 is 24.5 Å². The number of carbonyl (C=O) groups is 2. The molecule has 1 aliphatic rings. The summed E-state index contributed by atoms with van der Waals surface area (Å²) in [6.07, 6.45) is 1.72. The number of aliphatic imine (C=N–C) groups is 1. The van der Waals surface area contributed by atoms with Crippen molar-refractivity contribution in [3.8, 4) is 11.5 Å². The number of carboxylic acid groups (broad SMARTS) is 1. The highest BCUT2D eigenvalue weighted by Gasteiger charge is 2.32. The fourth-order valence-corrected chi connectivity index (χ4v) is 3.66. The van der Waals surface area contributed by atoms with E-state index in [1.807, 2.05) is 6.92 Å². The Balaban J connectivity index is 1.90. The van der Waals surface area contributed by atoms with Crippen LogP contribution in [-0.4, -0.2) is 45.8 Å². The number of nitrogens with zero attached hydrogens (tertiary/aromatic N) is 2. The molecule has 8 heteroatoms. The fourth-order valence-electron chi connectivity index (χ4n) is 2.59. The standard InChI is InChI=1S/C20H18N2O5S/c1-3-22-18(24)17(11-12-4-9-15(23)16(10-12)27-2)28-20(22)21-14-7-5-13(6-8-14)19(25)26/h4-11,23H,3H2,1-2H3,(H,25,26)/b17-11-,21-20?. The van der Waals surface area contributed by atoms with Gasteiger partial charge in [-0.1, -0.05) is 6.07 Å². The second-order valence-electron chi connectivity index (χ2n) is 5.84. The number of carbonyl (C=O) groups excluding carboxylic acids is 1. The zero-order chi connectivity index (χ0) is 20.3. The van der Waals surface area contributed by atoms with Crippen molar-refractivity contribution in [2.75, 3.05) is 13.7 Å². The van der Waals surface area contributed by atoms with Gasteiger partial charge in [0.15, 0.2) is 16.7 Å². The van der Waals surface area contributed by atoms with E-state index in [4.69, 9.17) is 9.84 Å². The maximum atomic E-state index is 12.7. The molecule has 7 nitrogen and oxygen atoms in total. The van der Waals surface area contributed by atoms with Crippen LogP contribution in [0.25, 0.3) is 6.08 Å². The molecule has 0 aliphatic carbocycles. The van der Waals surface area contributed by atoms with Crippen molar-refractivity contribution in [3.05, 3.63) is 58.5 Å². The van der Waals surface area contributed by atoms with Gasteiger partial charge in [0.05, 0.1) is 23.3 Å². The number of phenols is 1. The van der Waals surface area contributed by atoms with Gasteiger partial charge in [0.2, 0.25) is 0 Å². The van der Waals surface area contributed by atoms with E-state index in [9.17, 15) is 14.7 Å². The maximum Gasteiger partial charge on any atom is 0.335 e. The lowest BCUT2D eigenvalue weighted by atomic mass is 10.2. The van der Waals surface area contributed by atoms with Crippen molar-refractivity contribution in [3.63, 3.8) is 0 Å². The number of aromatic carboxylic acids is 1. The number of methoxy groups -OCH3 is 1. The minimum Gasteiger partial charge on any atom is -0.504 e. The summed E-state index contributed by atoms with van der Waals surface area (Å²) in [4.78, 5) is 30.2. The van der Waals surface area contributed by atoms with E-state index in [-0.39, 0.29) is 17.2 Å². The van der Waals surface area contributed by atoms with Gasteiger partial charge in [0.25, 0.3) is 5.91 Å². The molecule has 0 radical (unpaired) electrons. The first-order chi connectivity index (χ1) is 13.4. The molecule has 1 heterocycles. The van der Waals surface area contributed by atoms with E-state index in [2.05, 4.69) is 4.99 Å². The molecule has 3 rings (SSSR count). The van der Waals surface area contributed by atoms with Crippen LogP contribution >= 0.6 is 11.8 Å². The third-order valence-electron chi connectivity index (χ3n) is 4.04. The number of hydrogen-bond donors (Lipinski definition) is 2. The van der Waals surface area contributed by atoms with E-state index in [1.54, 1.807) is 35.2 Å². The molecule has 1 aliphatic heterocycles. The minimum absolute atomic E-state index is 0.0253. The Morgan fingerprint density at radius 3 is 2.57 bits per heavy atom. The van der Waals surface area contributed by atoms with Crippen molar-refractivity contribution in [1.82, 2.24) is 4.90 Å². The van der Waals surface area contributed by atoms with Crippen molar-refractivity contribution in [2.45, 2.75) is 6.92 Å². The topological polar surface area (TPSA) is 99.4 Å². The normalized spacial score (nSPS) is 16.8.